The molecule has 2 aromatic carbocycles. The van der Waals surface area contributed by atoms with E-state index < -0.39 is 11.7 Å². The molecule has 6 nitrogen and oxygen atoms in total. The number of nitrogens with zero attached hydrogens (tertiary/aromatic N) is 4. The van der Waals surface area contributed by atoms with Crippen molar-refractivity contribution in [2.75, 3.05) is 36.9 Å². The Morgan fingerprint density at radius 2 is 1.76 bits per heavy atom. The molecule has 0 atom stereocenters. The second-order valence-corrected chi connectivity index (χ2v) is 8.53. The zero-order chi connectivity index (χ0) is 24.3. The Morgan fingerprint density at radius 3 is 2.41 bits per heavy atom. The molecule has 2 N–H and O–H groups in total. The second-order valence-electron chi connectivity index (χ2n) is 8.13. The van der Waals surface area contributed by atoms with Crippen molar-refractivity contribution < 1.29 is 17.9 Å². The van der Waals surface area contributed by atoms with Crippen LogP contribution in [0.15, 0.2) is 48.7 Å². The Hall–Kier alpha value is -3.04. The number of likely N-dealkylation sites (tertiary alicyclic amines) is 1. The Balaban J connectivity index is 1.64. The van der Waals surface area contributed by atoms with Crippen LogP contribution < -0.4 is 15.4 Å². The van der Waals surface area contributed by atoms with Gasteiger partial charge >= 0.3 is 6.18 Å². The van der Waals surface area contributed by atoms with Gasteiger partial charge in [0.1, 0.15) is 18.2 Å². The fourth-order valence-electron chi connectivity index (χ4n) is 3.79. The molecule has 4 rings (SSSR count). The van der Waals surface area contributed by atoms with Gasteiger partial charge in [-0.1, -0.05) is 11.6 Å². The van der Waals surface area contributed by atoms with E-state index in [-0.39, 0.29) is 22.5 Å². The van der Waals surface area contributed by atoms with Gasteiger partial charge in [-0.3, -0.25) is 9.80 Å². The lowest BCUT2D eigenvalue weighted by atomic mass is 10.1. The van der Waals surface area contributed by atoms with Crippen LogP contribution >= 0.6 is 11.6 Å². The monoisotopic (exact) mass is 491 g/mol. The highest BCUT2D eigenvalue weighted by Crippen LogP contribution is 2.40. The lowest BCUT2D eigenvalue weighted by molar-refractivity contribution is -0.137. The van der Waals surface area contributed by atoms with Crippen LogP contribution in [-0.4, -0.2) is 41.1 Å². The van der Waals surface area contributed by atoms with Crippen LogP contribution in [0.4, 0.5) is 36.3 Å². The molecule has 0 spiro atoms. The third kappa shape index (κ3) is 5.53. The predicted octanol–water partition coefficient (Wildman–Crippen LogP) is 5.98. The third-order valence-corrected chi connectivity index (χ3v) is 6.01. The second kappa shape index (κ2) is 10.1. The van der Waals surface area contributed by atoms with E-state index in [1.165, 1.54) is 36.1 Å². The van der Waals surface area contributed by atoms with Gasteiger partial charge in [-0.15, -0.1) is 0 Å². The van der Waals surface area contributed by atoms with E-state index >= 15 is 0 Å². The number of ether oxygens (including phenoxy) is 1. The first-order valence-corrected chi connectivity index (χ1v) is 11.3. The average molecular weight is 492 g/mol. The normalized spacial score (nSPS) is 14.4. The number of hydrogen-bond donors (Lipinski definition) is 1. The van der Waals surface area contributed by atoms with Crippen molar-refractivity contribution in [1.82, 2.24) is 14.9 Å². The number of hydrogen-bond acceptors (Lipinski definition) is 6. The molecule has 1 fully saturated rings. The maximum atomic E-state index is 13.5. The number of nitrogen functional groups attached to an aromatic ring is 1. The maximum absolute atomic E-state index is 13.5. The third-order valence-electron chi connectivity index (χ3n) is 5.68. The molecule has 1 saturated heterocycles. The van der Waals surface area contributed by atoms with Crippen LogP contribution in [0, 0.1) is 6.92 Å². The van der Waals surface area contributed by atoms with Crippen LogP contribution in [-0.2, 0) is 6.18 Å². The molecule has 180 valence electrons. The van der Waals surface area contributed by atoms with Crippen LogP contribution in [0.5, 0.6) is 5.75 Å². The van der Waals surface area contributed by atoms with E-state index in [1.807, 2.05) is 0 Å². The first kappa shape index (κ1) is 24.1. The van der Waals surface area contributed by atoms with E-state index in [2.05, 4.69) is 14.9 Å². The standard InChI is InChI=1S/C24H25ClF3N5O/c1-16-15-30-23(31-22(16)29)33(18-6-9-21(25)20(14-18)24(26,27)28)17-4-7-19(8-5-17)34-13-12-32-10-2-3-11-32/h4-9,14-15H,2-3,10-13H2,1H3,(H2,29,30,31). The number of anilines is 4. The summed E-state index contributed by atoms with van der Waals surface area (Å²) in [7, 11) is 0. The van der Waals surface area contributed by atoms with E-state index in [0.29, 0.717) is 23.6 Å². The number of rotatable bonds is 7. The lowest BCUT2D eigenvalue weighted by Crippen LogP contribution is -2.25. The summed E-state index contributed by atoms with van der Waals surface area (Å²) in [5, 5.41) is -0.387. The summed E-state index contributed by atoms with van der Waals surface area (Å²) in [6.45, 7) is 5.36. The molecule has 3 aromatic rings. The molecule has 0 radical (unpaired) electrons. The van der Waals surface area contributed by atoms with Gasteiger partial charge in [-0.25, -0.2) is 4.98 Å². The van der Waals surface area contributed by atoms with Crippen molar-refractivity contribution >= 4 is 34.7 Å². The Kier molecular flexibility index (Phi) is 7.13. The molecule has 0 amide bonds. The summed E-state index contributed by atoms with van der Waals surface area (Å²) in [5.41, 5.74) is 6.43. The topological polar surface area (TPSA) is 67.5 Å². The average Bonchev–Trinajstić information content (AvgIpc) is 3.31. The van der Waals surface area contributed by atoms with Crippen molar-refractivity contribution in [3.63, 3.8) is 0 Å². The first-order valence-electron chi connectivity index (χ1n) is 10.9. The number of aryl methyl sites for hydroxylation is 1. The largest absolute Gasteiger partial charge is 0.492 e. The van der Waals surface area contributed by atoms with Crippen molar-refractivity contribution in [1.29, 1.82) is 0 Å². The van der Waals surface area contributed by atoms with Crippen molar-refractivity contribution in [3.8, 4) is 5.75 Å². The summed E-state index contributed by atoms with van der Waals surface area (Å²) in [5.74, 6) is 1.04. The summed E-state index contributed by atoms with van der Waals surface area (Å²) in [4.78, 5) is 12.5. The fraction of sp³-hybridized carbons (Fsp3) is 0.333. The minimum absolute atomic E-state index is 0.140. The zero-order valence-corrected chi connectivity index (χ0v) is 19.4. The SMILES string of the molecule is Cc1cnc(N(c2ccc(OCCN3CCCC3)cc2)c2ccc(Cl)c(C(F)(F)F)c2)nc1N. The van der Waals surface area contributed by atoms with Gasteiger partial charge in [0, 0.05) is 29.7 Å². The van der Waals surface area contributed by atoms with Gasteiger partial charge in [0.2, 0.25) is 5.95 Å². The minimum Gasteiger partial charge on any atom is -0.492 e. The van der Waals surface area contributed by atoms with Crippen molar-refractivity contribution in [2.24, 2.45) is 0 Å². The van der Waals surface area contributed by atoms with Crippen LogP contribution in [0.1, 0.15) is 24.0 Å². The highest BCUT2D eigenvalue weighted by atomic mass is 35.5. The van der Waals surface area contributed by atoms with Gasteiger partial charge in [-0.05, 0) is 75.3 Å². The molecule has 0 bridgehead atoms. The minimum atomic E-state index is -4.61. The summed E-state index contributed by atoms with van der Waals surface area (Å²) < 4.78 is 46.4. The smallest absolute Gasteiger partial charge is 0.417 e. The maximum Gasteiger partial charge on any atom is 0.417 e. The Labute approximate surface area is 201 Å². The molecule has 1 aliphatic rings. The summed E-state index contributed by atoms with van der Waals surface area (Å²) in [6.07, 6.45) is -0.645. The molecule has 34 heavy (non-hydrogen) atoms. The van der Waals surface area contributed by atoms with Crippen LogP contribution in [0.3, 0.4) is 0 Å². The number of alkyl halides is 3. The van der Waals surface area contributed by atoms with Gasteiger partial charge in [0.25, 0.3) is 0 Å². The molecule has 0 aliphatic carbocycles. The molecular formula is C24H25ClF3N5O. The highest BCUT2D eigenvalue weighted by molar-refractivity contribution is 6.31. The Morgan fingerprint density at radius 1 is 1.09 bits per heavy atom. The van der Waals surface area contributed by atoms with E-state index in [4.69, 9.17) is 22.1 Å². The van der Waals surface area contributed by atoms with E-state index in [1.54, 1.807) is 31.2 Å². The number of nitrogens with two attached hydrogens (primary N) is 1. The highest BCUT2D eigenvalue weighted by Gasteiger charge is 2.34. The van der Waals surface area contributed by atoms with Crippen LogP contribution in [0.25, 0.3) is 0 Å². The van der Waals surface area contributed by atoms with Gasteiger partial charge < -0.3 is 10.5 Å². The molecular weight excluding hydrogens is 467 g/mol. The molecule has 1 aliphatic heterocycles. The molecule has 0 unspecified atom stereocenters. The van der Waals surface area contributed by atoms with Crippen LogP contribution in [0.2, 0.25) is 5.02 Å². The van der Waals surface area contributed by atoms with Gasteiger partial charge in [0.05, 0.1) is 10.6 Å². The van der Waals surface area contributed by atoms with Gasteiger partial charge in [0.15, 0.2) is 0 Å². The molecule has 2 heterocycles. The van der Waals surface area contributed by atoms with E-state index in [9.17, 15) is 13.2 Å². The summed E-state index contributed by atoms with van der Waals surface area (Å²) >= 11 is 5.83. The predicted molar refractivity (Wildman–Crippen MR) is 127 cm³/mol. The molecule has 0 saturated carbocycles. The molecule has 1 aromatic heterocycles. The fourth-order valence-corrected chi connectivity index (χ4v) is 4.02. The quantitative estimate of drug-likeness (QED) is 0.438. The summed E-state index contributed by atoms with van der Waals surface area (Å²) in [6, 6.07) is 10.7. The number of benzene rings is 2. The lowest BCUT2D eigenvalue weighted by Gasteiger charge is -2.25. The zero-order valence-electron chi connectivity index (χ0n) is 18.6. The number of aromatic nitrogens is 2. The number of halogens is 4. The van der Waals surface area contributed by atoms with Crippen molar-refractivity contribution in [2.45, 2.75) is 25.9 Å². The van der Waals surface area contributed by atoms with Gasteiger partial charge in [-0.2, -0.15) is 18.2 Å². The molecule has 10 heteroatoms. The van der Waals surface area contributed by atoms with Crippen molar-refractivity contribution in [3.05, 3.63) is 64.8 Å². The first-order chi connectivity index (χ1) is 16.2. The van der Waals surface area contributed by atoms with E-state index in [0.717, 1.165) is 25.7 Å². The Bertz CT molecular complexity index is 1130.